The van der Waals surface area contributed by atoms with Crippen molar-refractivity contribution in [3.63, 3.8) is 0 Å². The van der Waals surface area contributed by atoms with Crippen molar-refractivity contribution in [1.82, 2.24) is 0 Å². The van der Waals surface area contributed by atoms with E-state index in [0.717, 1.165) is 12.1 Å². The summed E-state index contributed by atoms with van der Waals surface area (Å²) in [6.45, 7) is 4.90. The largest absolute Gasteiger partial charge is 0.416 e. The van der Waals surface area contributed by atoms with Crippen LogP contribution in [0.25, 0.3) is 0 Å². The highest BCUT2D eigenvalue weighted by molar-refractivity contribution is 7.92. The van der Waals surface area contributed by atoms with E-state index in [1.165, 1.54) is 6.07 Å². The number of hydrogen-bond donors (Lipinski definition) is 1. The van der Waals surface area contributed by atoms with Crippen LogP contribution < -0.4 is 5.32 Å². The molecule has 0 aliphatic carbocycles. The highest BCUT2D eigenvalue weighted by Gasteiger charge is 2.30. The predicted octanol–water partition coefficient (Wildman–Crippen LogP) is 3.25. The number of aryl methyl sites for hydroxylation is 1. The summed E-state index contributed by atoms with van der Waals surface area (Å²) >= 11 is 0. The summed E-state index contributed by atoms with van der Waals surface area (Å²) in [6.07, 6.45) is -4.41. The Morgan fingerprint density at radius 3 is 2.35 bits per heavy atom. The van der Waals surface area contributed by atoms with Crippen LogP contribution in [0.3, 0.4) is 0 Å². The van der Waals surface area contributed by atoms with Crippen LogP contribution in [-0.2, 0) is 16.0 Å². The summed E-state index contributed by atoms with van der Waals surface area (Å²) in [4.78, 5) is 0. The smallest absolute Gasteiger partial charge is 0.384 e. The molecule has 0 saturated carbocycles. The van der Waals surface area contributed by atoms with Gasteiger partial charge < -0.3 is 5.32 Å². The number of sulfone groups is 1. The third kappa shape index (κ3) is 4.40. The van der Waals surface area contributed by atoms with Crippen LogP contribution in [0.1, 0.15) is 25.0 Å². The second kappa shape index (κ2) is 6.03. The fraction of sp³-hybridized carbons (Fsp3) is 0.538. The fourth-order valence-electron chi connectivity index (χ4n) is 1.55. The van der Waals surface area contributed by atoms with Crippen LogP contribution in [0.15, 0.2) is 18.2 Å². The topological polar surface area (TPSA) is 46.2 Å². The van der Waals surface area contributed by atoms with E-state index in [4.69, 9.17) is 0 Å². The van der Waals surface area contributed by atoms with Crippen LogP contribution in [0.4, 0.5) is 18.9 Å². The molecule has 0 unspecified atom stereocenters. The summed E-state index contributed by atoms with van der Waals surface area (Å²) in [5.41, 5.74) is 0.191. The van der Waals surface area contributed by atoms with E-state index in [2.05, 4.69) is 5.32 Å². The van der Waals surface area contributed by atoms with Crippen molar-refractivity contribution in [3.8, 4) is 0 Å². The van der Waals surface area contributed by atoms with Gasteiger partial charge in [0.1, 0.15) is 0 Å². The van der Waals surface area contributed by atoms with Gasteiger partial charge in [0.25, 0.3) is 0 Å². The van der Waals surface area contributed by atoms with Crippen molar-refractivity contribution >= 4 is 15.5 Å². The molecule has 3 nitrogen and oxygen atoms in total. The van der Waals surface area contributed by atoms with Gasteiger partial charge in [-0.05, 0) is 38.5 Å². The minimum Gasteiger partial charge on any atom is -0.384 e. The zero-order valence-electron chi connectivity index (χ0n) is 11.6. The minimum atomic E-state index is -4.41. The zero-order chi connectivity index (χ0) is 15.6. The first-order valence-electron chi connectivity index (χ1n) is 6.17. The maximum absolute atomic E-state index is 12.6. The van der Waals surface area contributed by atoms with Crippen molar-refractivity contribution in [2.45, 2.75) is 32.2 Å². The molecule has 0 bridgehead atoms. The van der Waals surface area contributed by atoms with E-state index in [1.54, 1.807) is 20.8 Å². The number of nitrogens with one attached hydrogen (secondary N) is 1. The normalized spacial score (nSPS) is 12.8. The first-order chi connectivity index (χ1) is 9.04. The number of halogens is 3. The molecule has 0 saturated heterocycles. The summed E-state index contributed by atoms with van der Waals surface area (Å²) in [7, 11) is -3.20. The van der Waals surface area contributed by atoms with Crippen LogP contribution in [0, 0.1) is 6.92 Å². The van der Waals surface area contributed by atoms with Gasteiger partial charge in [-0.25, -0.2) is 8.42 Å². The number of benzene rings is 1. The van der Waals surface area contributed by atoms with Gasteiger partial charge in [-0.1, -0.05) is 6.07 Å². The van der Waals surface area contributed by atoms with E-state index in [1.807, 2.05) is 0 Å². The molecule has 0 aromatic heterocycles. The molecule has 0 aliphatic heterocycles. The summed E-state index contributed by atoms with van der Waals surface area (Å²) in [6, 6.07) is 3.37. The average Bonchev–Trinajstić information content (AvgIpc) is 2.29. The van der Waals surface area contributed by atoms with Gasteiger partial charge in [0.15, 0.2) is 9.84 Å². The lowest BCUT2D eigenvalue weighted by molar-refractivity contribution is -0.137. The molecule has 1 aromatic rings. The van der Waals surface area contributed by atoms with Gasteiger partial charge in [-0.3, -0.25) is 0 Å². The second-order valence-electron chi connectivity index (χ2n) is 4.87. The Kier molecular flexibility index (Phi) is 5.07. The minimum absolute atomic E-state index is 0.0860. The predicted molar refractivity (Wildman–Crippen MR) is 73.6 cm³/mol. The van der Waals surface area contributed by atoms with E-state index in [0.29, 0.717) is 11.3 Å². The maximum Gasteiger partial charge on any atom is 0.416 e. The summed E-state index contributed by atoms with van der Waals surface area (Å²) in [5.74, 6) is -0.111. The van der Waals surface area contributed by atoms with Crippen molar-refractivity contribution in [2.75, 3.05) is 17.6 Å². The molecule has 0 spiro atoms. The maximum atomic E-state index is 12.6. The molecular weight excluding hydrogens is 291 g/mol. The monoisotopic (exact) mass is 309 g/mol. The fourth-order valence-corrected chi connectivity index (χ4v) is 2.41. The lowest BCUT2D eigenvalue weighted by Gasteiger charge is -2.14. The van der Waals surface area contributed by atoms with E-state index < -0.39 is 26.8 Å². The van der Waals surface area contributed by atoms with Crippen LogP contribution >= 0.6 is 0 Å². The van der Waals surface area contributed by atoms with Gasteiger partial charge in [0.05, 0.1) is 16.6 Å². The molecule has 114 valence electrons. The lowest BCUT2D eigenvalue weighted by atomic mass is 10.1. The van der Waals surface area contributed by atoms with E-state index in [-0.39, 0.29) is 12.3 Å². The Labute approximate surface area is 117 Å². The third-order valence-corrected chi connectivity index (χ3v) is 5.19. The van der Waals surface area contributed by atoms with Crippen molar-refractivity contribution in [1.29, 1.82) is 0 Å². The van der Waals surface area contributed by atoms with Gasteiger partial charge >= 0.3 is 6.18 Å². The van der Waals surface area contributed by atoms with Gasteiger partial charge in [0.2, 0.25) is 0 Å². The average molecular weight is 309 g/mol. The molecule has 0 fully saturated rings. The van der Waals surface area contributed by atoms with Crippen molar-refractivity contribution in [3.05, 3.63) is 29.3 Å². The second-order valence-corrected chi connectivity index (χ2v) is 7.55. The Morgan fingerprint density at radius 2 is 1.85 bits per heavy atom. The van der Waals surface area contributed by atoms with Crippen LogP contribution in [0.5, 0.6) is 0 Å². The Balaban J connectivity index is 2.79. The first-order valence-corrected chi connectivity index (χ1v) is 7.89. The van der Waals surface area contributed by atoms with E-state index in [9.17, 15) is 21.6 Å². The van der Waals surface area contributed by atoms with Crippen LogP contribution in [0.2, 0.25) is 0 Å². The molecular formula is C13H18F3NO2S. The highest BCUT2D eigenvalue weighted by Crippen LogP contribution is 2.31. The van der Waals surface area contributed by atoms with Gasteiger partial charge in [-0.2, -0.15) is 13.2 Å². The van der Waals surface area contributed by atoms with Crippen molar-refractivity contribution in [2.24, 2.45) is 0 Å². The number of anilines is 1. The Morgan fingerprint density at radius 1 is 1.25 bits per heavy atom. The summed E-state index contributed by atoms with van der Waals surface area (Å²) in [5, 5.41) is 2.26. The quantitative estimate of drug-likeness (QED) is 0.908. The number of alkyl halides is 3. The molecule has 0 aliphatic rings. The molecule has 1 aromatic carbocycles. The molecule has 20 heavy (non-hydrogen) atoms. The Bertz CT molecular complexity index is 565. The molecule has 1 rings (SSSR count). The summed E-state index contributed by atoms with van der Waals surface area (Å²) < 4.78 is 61.0. The number of rotatable bonds is 5. The lowest BCUT2D eigenvalue weighted by Crippen LogP contribution is -2.23. The molecule has 0 radical (unpaired) electrons. The molecule has 7 heteroatoms. The van der Waals surface area contributed by atoms with Crippen molar-refractivity contribution < 1.29 is 21.6 Å². The Hall–Kier alpha value is -1.24. The number of hydrogen-bond acceptors (Lipinski definition) is 3. The van der Waals surface area contributed by atoms with Crippen LogP contribution in [-0.4, -0.2) is 26.0 Å². The van der Waals surface area contributed by atoms with Gasteiger partial charge in [0, 0.05) is 12.2 Å². The zero-order valence-corrected chi connectivity index (χ0v) is 12.4. The molecule has 0 amide bonds. The SMILES string of the molecule is Cc1ccc(C(F)(F)F)cc1NCCS(=O)(=O)C(C)C. The van der Waals surface area contributed by atoms with Gasteiger partial charge in [-0.15, -0.1) is 0 Å². The molecule has 0 heterocycles. The highest BCUT2D eigenvalue weighted by atomic mass is 32.2. The first kappa shape index (κ1) is 16.8. The molecule has 0 atom stereocenters. The van der Waals surface area contributed by atoms with E-state index >= 15 is 0 Å². The third-order valence-electron chi connectivity index (χ3n) is 2.99. The molecule has 1 N–H and O–H groups in total. The standard InChI is InChI=1S/C13H18F3NO2S/c1-9(2)20(18,19)7-6-17-12-8-11(13(14,15)16)5-4-10(12)3/h4-5,8-9,17H,6-7H2,1-3H3.